The Morgan fingerprint density at radius 3 is 2.65 bits per heavy atom. The van der Waals surface area contributed by atoms with Crippen LogP contribution in [0.3, 0.4) is 0 Å². The number of hydrogen-bond acceptors (Lipinski definition) is 8. The molecule has 1 amide bonds. The largest absolute Gasteiger partial charge is 0.454 e. The number of fused-ring (bicyclic) bond motifs is 2. The van der Waals surface area contributed by atoms with Crippen LogP contribution in [0.2, 0.25) is 0 Å². The molecule has 0 aliphatic carbocycles. The van der Waals surface area contributed by atoms with Gasteiger partial charge in [0.1, 0.15) is 11.6 Å². The molecule has 4 heterocycles. The van der Waals surface area contributed by atoms with E-state index in [1.54, 1.807) is 17.2 Å². The second-order valence-corrected chi connectivity index (χ2v) is 10.2. The molecule has 0 bridgehead atoms. The van der Waals surface area contributed by atoms with Crippen molar-refractivity contribution in [3.63, 3.8) is 0 Å². The molecule has 0 radical (unpaired) electrons. The van der Waals surface area contributed by atoms with E-state index in [4.69, 9.17) is 15.2 Å². The normalized spacial score (nSPS) is 16.9. The molecule has 3 aromatic rings. The average Bonchev–Trinajstić information content (AvgIpc) is 3.46. The number of halogens is 3. The zero-order chi connectivity index (χ0) is 26.3. The number of aliphatic hydroxyl groups excluding tert-OH is 1. The number of nitrogens with two attached hydrogens (primary N) is 1. The molecular formula is C24H26F3N5O4S. The Labute approximate surface area is 214 Å². The smallest absolute Gasteiger partial charge is 0.417 e. The molecule has 1 fully saturated rings. The van der Waals surface area contributed by atoms with Crippen LogP contribution in [-0.2, 0) is 17.5 Å². The average molecular weight is 538 g/mol. The number of pyridine rings is 1. The number of likely N-dealkylation sites (tertiary alicyclic amines) is 1. The number of alkyl halides is 3. The molecule has 0 unspecified atom stereocenters. The van der Waals surface area contributed by atoms with Crippen LogP contribution in [0.5, 0.6) is 11.5 Å². The SMILES string of the molecule is C[C@H](O)C(=O)N1CCC(CCn2c(Sc3cc4c(cc3C(F)(F)F)OCO4)nc3c(N)nccc32)CC1. The van der Waals surface area contributed by atoms with Crippen LogP contribution in [-0.4, -0.2) is 56.4 Å². The Morgan fingerprint density at radius 1 is 1.27 bits per heavy atom. The number of ether oxygens (including phenoxy) is 2. The molecule has 9 nitrogen and oxygen atoms in total. The van der Waals surface area contributed by atoms with Crippen LogP contribution in [0.15, 0.2) is 34.4 Å². The van der Waals surface area contributed by atoms with Crippen molar-refractivity contribution in [1.82, 2.24) is 19.4 Å². The van der Waals surface area contributed by atoms with Gasteiger partial charge >= 0.3 is 6.18 Å². The number of hydrogen-bond donors (Lipinski definition) is 2. The van der Waals surface area contributed by atoms with Crippen molar-refractivity contribution in [1.29, 1.82) is 0 Å². The van der Waals surface area contributed by atoms with Crippen molar-refractivity contribution in [3.05, 3.63) is 30.0 Å². The number of benzene rings is 1. The van der Waals surface area contributed by atoms with E-state index in [0.717, 1.165) is 37.1 Å². The molecule has 198 valence electrons. The maximum Gasteiger partial charge on any atom is 0.417 e. The number of aliphatic hydroxyl groups is 1. The number of carbonyl (C=O) groups excluding carboxylic acids is 1. The predicted molar refractivity (Wildman–Crippen MR) is 129 cm³/mol. The van der Waals surface area contributed by atoms with Gasteiger partial charge in [0, 0.05) is 30.7 Å². The van der Waals surface area contributed by atoms with Crippen molar-refractivity contribution in [3.8, 4) is 11.5 Å². The van der Waals surface area contributed by atoms with E-state index in [-0.39, 0.29) is 34.9 Å². The highest BCUT2D eigenvalue weighted by Crippen LogP contribution is 2.46. The molecular weight excluding hydrogens is 511 g/mol. The van der Waals surface area contributed by atoms with E-state index in [1.165, 1.54) is 13.0 Å². The maximum absolute atomic E-state index is 13.9. The fraction of sp³-hybridized carbons (Fsp3) is 0.458. The van der Waals surface area contributed by atoms with Crippen LogP contribution in [0.1, 0.15) is 31.7 Å². The lowest BCUT2D eigenvalue weighted by Gasteiger charge is -2.33. The highest BCUT2D eigenvalue weighted by atomic mass is 32.2. The lowest BCUT2D eigenvalue weighted by Crippen LogP contribution is -2.43. The van der Waals surface area contributed by atoms with Crippen molar-refractivity contribution >= 4 is 34.5 Å². The van der Waals surface area contributed by atoms with Crippen molar-refractivity contribution < 1.29 is 32.5 Å². The van der Waals surface area contributed by atoms with Crippen molar-refractivity contribution in [2.24, 2.45) is 5.92 Å². The van der Waals surface area contributed by atoms with Crippen LogP contribution < -0.4 is 15.2 Å². The van der Waals surface area contributed by atoms with E-state index < -0.39 is 17.8 Å². The summed E-state index contributed by atoms with van der Waals surface area (Å²) in [5.74, 6) is 0.537. The molecule has 37 heavy (non-hydrogen) atoms. The third-order valence-electron chi connectivity index (χ3n) is 6.69. The van der Waals surface area contributed by atoms with Gasteiger partial charge in [-0.1, -0.05) is 11.8 Å². The third-order valence-corrected chi connectivity index (χ3v) is 7.74. The Kier molecular flexibility index (Phi) is 6.84. The van der Waals surface area contributed by atoms with Crippen LogP contribution in [0.4, 0.5) is 19.0 Å². The molecule has 13 heteroatoms. The minimum absolute atomic E-state index is 0.0511. The highest BCUT2D eigenvalue weighted by Gasteiger charge is 2.37. The summed E-state index contributed by atoms with van der Waals surface area (Å²) < 4.78 is 54.1. The lowest BCUT2D eigenvalue weighted by atomic mass is 9.93. The number of nitrogen functional groups attached to an aromatic ring is 1. The molecule has 2 aromatic heterocycles. The summed E-state index contributed by atoms with van der Waals surface area (Å²) in [5.41, 5.74) is 6.32. The summed E-state index contributed by atoms with van der Waals surface area (Å²) in [4.78, 5) is 22.3. The number of imidazole rings is 1. The highest BCUT2D eigenvalue weighted by molar-refractivity contribution is 7.99. The standard InChI is InChI=1S/C24H26F3N5O4S/c1-13(33)22(34)31-7-3-14(4-8-31)5-9-32-16-2-6-29-21(28)20(16)30-23(32)37-19-11-18-17(35-12-36-18)10-15(19)24(25,26)27/h2,6,10-11,13-14,33H,3-5,7-9,12H2,1H3,(H2,28,29)/t13-/m0/s1. The topological polar surface area (TPSA) is 116 Å². The molecule has 1 atom stereocenters. The number of aromatic nitrogens is 3. The number of aryl methyl sites for hydroxylation is 1. The predicted octanol–water partition coefficient (Wildman–Crippen LogP) is 3.92. The van der Waals surface area contributed by atoms with Gasteiger partial charge in [-0.25, -0.2) is 9.97 Å². The van der Waals surface area contributed by atoms with Gasteiger partial charge in [-0.2, -0.15) is 13.2 Å². The second-order valence-electron chi connectivity index (χ2n) is 9.14. The van der Waals surface area contributed by atoms with Gasteiger partial charge in [-0.05, 0) is 50.3 Å². The first kappa shape index (κ1) is 25.5. The number of piperidine rings is 1. The Balaban J connectivity index is 1.41. The van der Waals surface area contributed by atoms with Crippen LogP contribution >= 0.6 is 11.8 Å². The molecule has 2 aliphatic rings. The molecule has 0 spiro atoms. The lowest BCUT2D eigenvalue weighted by molar-refractivity contribution is -0.141. The molecule has 5 rings (SSSR count). The van der Waals surface area contributed by atoms with Gasteiger partial charge in [-0.15, -0.1) is 0 Å². The number of carbonyl (C=O) groups is 1. The summed E-state index contributed by atoms with van der Waals surface area (Å²) in [6.07, 6.45) is -1.78. The zero-order valence-corrected chi connectivity index (χ0v) is 20.8. The van der Waals surface area contributed by atoms with Crippen LogP contribution in [0.25, 0.3) is 11.0 Å². The van der Waals surface area contributed by atoms with Gasteiger partial charge in [0.25, 0.3) is 5.91 Å². The second kappa shape index (κ2) is 9.93. The summed E-state index contributed by atoms with van der Waals surface area (Å²) in [7, 11) is 0. The van der Waals surface area contributed by atoms with E-state index in [1.807, 2.05) is 4.57 Å². The monoisotopic (exact) mass is 537 g/mol. The summed E-state index contributed by atoms with van der Waals surface area (Å²) in [5, 5.41) is 9.92. The molecule has 2 aliphatic heterocycles. The van der Waals surface area contributed by atoms with Gasteiger partial charge in [0.05, 0.1) is 11.1 Å². The fourth-order valence-corrected chi connectivity index (χ4v) is 5.77. The summed E-state index contributed by atoms with van der Waals surface area (Å²) in [6.45, 7) is 2.95. The minimum Gasteiger partial charge on any atom is -0.454 e. The number of nitrogens with zero attached hydrogens (tertiary/aromatic N) is 4. The van der Waals surface area contributed by atoms with Gasteiger partial charge < -0.3 is 29.8 Å². The maximum atomic E-state index is 13.9. The Morgan fingerprint density at radius 2 is 1.97 bits per heavy atom. The first-order valence-corrected chi connectivity index (χ1v) is 12.7. The first-order chi connectivity index (χ1) is 17.6. The summed E-state index contributed by atoms with van der Waals surface area (Å²) in [6, 6.07) is 4.03. The fourth-order valence-electron chi connectivity index (χ4n) is 4.69. The quantitative estimate of drug-likeness (QED) is 0.486. The third kappa shape index (κ3) is 5.14. The number of rotatable bonds is 6. The molecule has 3 N–H and O–H groups in total. The minimum atomic E-state index is -4.60. The van der Waals surface area contributed by atoms with E-state index in [9.17, 15) is 23.1 Å². The van der Waals surface area contributed by atoms with Gasteiger partial charge in [0.2, 0.25) is 6.79 Å². The molecule has 1 aromatic carbocycles. The van der Waals surface area contributed by atoms with Crippen LogP contribution in [0, 0.1) is 5.92 Å². The van der Waals surface area contributed by atoms with Gasteiger partial charge in [0.15, 0.2) is 22.5 Å². The Hall–Kier alpha value is -3.19. The zero-order valence-electron chi connectivity index (χ0n) is 20.0. The molecule has 0 saturated carbocycles. The van der Waals surface area contributed by atoms with Crippen molar-refractivity contribution in [2.45, 2.75) is 55.1 Å². The molecule has 1 saturated heterocycles. The number of anilines is 1. The van der Waals surface area contributed by atoms with E-state index in [2.05, 4.69) is 9.97 Å². The number of amides is 1. The summed E-state index contributed by atoms with van der Waals surface area (Å²) >= 11 is 0.895. The van der Waals surface area contributed by atoms with E-state index >= 15 is 0 Å². The van der Waals surface area contributed by atoms with Gasteiger partial charge in [-0.3, -0.25) is 4.79 Å². The van der Waals surface area contributed by atoms with E-state index in [0.29, 0.717) is 41.7 Å². The first-order valence-electron chi connectivity index (χ1n) is 11.9. The Bertz CT molecular complexity index is 1320. The van der Waals surface area contributed by atoms with Crippen molar-refractivity contribution in [2.75, 3.05) is 25.6 Å².